The number of nitrogens with one attached hydrogen (secondary N) is 1. The molecule has 0 aliphatic heterocycles. The van der Waals surface area contributed by atoms with Crippen LogP contribution in [0.1, 0.15) is 32.8 Å². The van der Waals surface area contributed by atoms with Crippen molar-refractivity contribution in [2.24, 2.45) is 0 Å². The van der Waals surface area contributed by atoms with Gasteiger partial charge in [0.15, 0.2) is 0 Å². The van der Waals surface area contributed by atoms with E-state index in [-0.39, 0.29) is 24.2 Å². The van der Waals surface area contributed by atoms with Crippen LogP contribution in [0, 0.1) is 5.82 Å². The molecule has 0 saturated carbocycles. The molecule has 0 bridgehead atoms. The second-order valence-electron chi connectivity index (χ2n) is 4.74. The summed E-state index contributed by atoms with van der Waals surface area (Å²) in [7, 11) is 0. The zero-order valence-electron chi connectivity index (χ0n) is 12.1. The molecule has 20 heavy (non-hydrogen) atoms. The van der Waals surface area contributed by atoms with Gasteiger partial charge in [0.2, 0.25) is 11.8 Å². The highest BCUT2D eigenvalue weighted by molar-refractivity contribution is 5.86. The van der Waals surface area contributed by atoms with E-state index in [1.807, 2.05) is 6.92 Å². The molecule has 0 heterocycles. The predicted molar refractivity (Wildman–Crippen MR) is 75.4 cm³/mol. The van der Waals surface area contributed by atoms with E-state index in [9.17, 15) is 14.0 Å². The highest BCUT2D eigenvalue weighted by Crippen LogP contribution is 2.10. The monoisotopic (exact) mass is 280 g/mol. The van der Waals surface area contributed by atoms with Crippen molar-refractivity contribution in [3.8, 4) is 0 Å². The summed E-state index contributed by atoms with van der Waals surface area (Å²) in [6.07, 6.45) is 0.844. The fraction of sp³-hybridized carbons (Fsp3) is 0.467. The van der Waals surface area contributed by atoms with Crippen LogP contribution in [-0.2, 0) is 16.1 Å². The number of benzene rings is 1. The summed E-state index contributed by atoms with van der Waals surface area (Å²) in [5.41, 5.74) is 0.789. The lowest BCUT2D eigenvalue weighted by molar-refractivity contribution is -0.138. The summed E-state index contributed by atoms with van der Waals surface area (Å²) in [6, 6.07) is 5.36. The zero-order chi connectivity index (χ0) is 15.1. The number of nitrogens with zero attached hydrogens (tertiary/aromatic N) is 1. The minimum absolute atomic E-state index is 0.177. The van der Waals surface area contributed by atoms with Crippen LogP contribution in [0.5, 0.6) is 0 Å². The number of hydrogen-bond donors (Lipinski definition) is 1. The summed E-state index contributed by atoms with van der Waals surface area (Å²) in [5, 5.41) is 2.77. The first-order valence-electron chi connectivity index (χ1n) is 6.75. The van der Waals surface area contributed by atoms with Crippen LogP contribution in [0.4, 0.5) is 4.39 Å². The van der Waals surface area contributed by atoms with Crippen molar-refractivity contribution in [1.82, 2.24) is 10.2 Å². The molecule has 1 aromatic carbocycles. The summed E-state index contributed by atoms with van der Waals surface area (Å²) in [4.78, 5) is 25.1. The first kappa shape index (κ1) is 16.1. The Morgan fingerprint density at radius 2 is 1.90 bits per heavy atom. The van der Waals surface area contributed by atoms with Crippen molar-refractivity contribution in [1.29, 1.82) is 0 Å². The maximum atomic E-state index is 12.9. The molecule has 1 N–H and O–H groups in total. The summed E-state index contributed by atoms with van der Waals surface area (Å²) >= 11 is 0. The van der Waals surface area contributed by atoms with Crippen LogP contribution in [0.15, 0.2) is 24.3 Å². The third-order valence-corrected chi connectivity index (χ3v) is 3.07. The van der Waals surface area contributed by atoms with Gasteiger partial charge in [-0.1, -0.05) is 19.1 Å². The molecule has 0 aromatic heterocycles. The topological polar surface area (TPSA) is 49.4 Å². The van der Waals surface area contributed by atoms with Gasteiger partial charge in [0.05, 0.1) is 0 Å². The Hall–Kier alpha value is -1.91. The smallest absolute Gasteiger partial charge is 0.242 e. The fourth-order valence-corrected chi connectivity index (χ4v) is 1.84. The third kappa shape index (κ3) is 4.64. The predicted octanol–water partition coefficient (Wildman–Crippen LogP) is 2.09. The second kappa shape index (κ2) is 7.62. The third-order valence-electron chi connectivity index (χ3n) is 3.07. The van der Waals surface area contributed by atoms with Gasteiger partial charge in [0, 0.05) is 20.0 Å². The van der Waals surface area contributed by atoms with E-state index < -0.39 is 6.04 Å². The minimum atomic E-state index is -0.552. The normalized spacial score (nSPS) is 11.8. The Bertz CT molecular complexity index is 459. The van der Waals surface area contributed by atoms with E-state index in [2.05, 4.69) is 5.32 Å². The molecule has 1 aromatic rings. The molecule has 0 spiro atoms. The Labute approximate surface area is 119 Å². The Morgan fingerprint density at radius 1 is 1.30 bits per heavy atom. The van der Waals surface area contributed by atoms with Crippen molar-refractivity contribution < 1.29 is 14.0 Å². The number of rotatable bonds is 6. The number of amides is 2. The number of carbonyl (C=O) groups is 2. The molecule has 0 unspecified atom stereocenters. The fourth-order valence-electron chi connectivity index (χ4n) is 1.84. The van der Waals surface area contributed by atoms with Crippen LogP contribution in [0.3, 0.4) is 0 Å². The first-order chi connectivity index (χ1) is 9.45. The summed E-state index contributed by atoms with van der Waals surface area (Å²) in [5.74, 6) is -0.686. The van der Waals surface area contributed by atoms with E-state index in [0.29, 0.717) is 6.54 Å². The number of hydrogen-bond acceptors (Lipinski definition) is 2. The van der Waals surface area contributed by atoms with Crippen molar-refractivity contribution in [3.05, 3.63) is 35.6 Å². The van der Waals surface area contributed by atoms with Gasteiger partial charge in [-0.25, -0.2) is 4.39 Å². The Kier molecular flexibility index (Phi) is 6.15. The average Bonchev–Trinajstić information content (AvgIpc) is 2.43. The molecule has 0 fully saturated rings. The van der Waals surface area contributed by atoms with E-state index in [4.69, 9.17) is 0 Å². The molecule has 1 atom stereocenters. The Morgan fingerprint density at radius 3 is 2.40 bits per heavy atom. The Balaban J connectivity index is 2.75. The lowest BCUT2D eigenvalue weighted by Crippen LogP contribution is -2.47. The van der Waals surface area contributed by atoms with Gasteiger partial charge in [-0.3, -0.25) is 9.59 Å². The van der Waals surface area contributed by atoms with E-state index in [0.717, 1.165) is 12.0 Å². The lowest BCUT2D eigenvalue weighted by atomic mass is 10.1. The lowest BCUT2D eigenvalue weighted by Gasteiger charge is -2.27. The SMILES string of the molecule is CCCNC(=O)[C@H](C)N(Cc1ccc(F)cc1)C(C)=O. The van der Waals surface area contributed by atoms with Crippen LogP contribution in [-0.4, -0.2) is 29.3 Å². The highest BCUT2D eigenvalue weighted by Gasteiger charge is 2.23. The van der Waals surface area contributed by atoms with Gasteiger partial charge in [-0.15, -0.1) is 0 Å². The molecule has 0 aliphatic rings. The van der Waals surface area contributed by atoms with Gasteiger partial charge in [-0.2, -0.15) is 0 Å². The first-order valence-corrected chi connectivity index (χ1v) is 6.75. The summed E-state index contributed by atoms with van der Waals surface area (Å²) < 4.78 is 12.9. The number of halogens is 1. The van der Waals surface area contributed by atoms with E-state index in [1.165, 1.54) is 24.0 Å². The van der Waals surface area contributed by atoms with Gasteiger partial charge in [-0.05, 0) is 31.0 Å². The van der Waals surface area contributed by atoms with E-state index >= 15 is 0 Å². The van der Waals surface area contributed by atoms with Crippen LogP contribution >= 0.6 is 0 Å². The molecule has 110 valence electrons. The quantitative estimate of drug-likeness (QED) is 0.867. The molecular weight excluding hydrogens is 259 g/mol. The van der Waals surface area contributed by atoms with Crippen LogP contribution in [0.25, 0.3) is 0 Å². The van der Waals surface area contributed by atoms with Gasteiger partial charge >= 0.3 is 0 Å². The molecule has 0 radical (unpaired) electrons. The maximum absolute atomic E-state index is 12.9. The van der Waals surface area contributed by atoms with Crippen molar-refractivity contribution in [3.63, 3.8) is 0 Å². The molecule has 2 amide bonds. The largest absolute Gasteiger partial charge is 0.354 e. The standard InChI is InChI=1S/C15H21FN2O2/c1-4-9-17-15(20)11(2)18(12(3)19)10-13-5-7-14(16)8-6-13/h5-8,11H,4,9-10H2,1-3H3,(H,17,20)/t11-/m0/s1. The second-order valence-corrected chi connectivity index (χ2v) is 4.74. The molecule has 5 heteroatoms. The highest BCUT2D eigenvalue weighted by atomic mass is 19.1. The van der Waals surface area contributed by atoms with Crippen LogP contribution in [0.2, 0.25) is 0 Å². The van der Waals surface area contributed by atoms with Crippen molar-refractivity contribution in [2.45, 2.75) is 39.8 Å². The molecule has 4 nitrogen and oxygen atoms in total. The average molecular weight is 280 g/mol. The van der Waals surface area contributed by atoms with Crippen molar-refractivity contribution >= 4 is 11.8 Å². The maximum Gasteiger partial charge on any atom is 0.242 e. The van der Waals surface area contributed by atoms with Gasteiger partial charge < -0.3 is 10.2 Å². The zero-order valence-corrected chi connectivity index (χ0v) is 12.1. The van der Waals surface area contributed by atoms with Crippen LogP contribution < -0.4 is 5.32 Å². The van der Waals surface area contributed by atoms with Crippen molar-refractivity contribution in [2.75, 3.05) is 6.54 Å². The van der Waals surface area contributed by atoms with Gasteiger partial charge in [0.1, 0.15) is 11.9 Å². The summed E-state index contributed by atoms with van der Waals surface area (Å²) in [6.45, 7) is 5.96. The molecule has 1 rings (SSSR count). The minimum Gasteiger partial charge on any atom is -0.354 e. The van der Waals surface area contributed by atoms with Gasteiger partial charge in [0.25, 0.3) is 0 Å². The molecular formula is C15H21FN2O2. The van der Waals surface area contributed by atoms with E-state index in [1.54, 1.807) is 19.1 Å². The molecule has 0 saturated heterocycles. The number of carbonyl (C=O) groups excluding carboxylic acids is 2. The molecule has 0 aliphatic carbocycles.